The van der Waals surface area contributed by atoms with Gasteiger partial charge in [-0.25, -0.2) is 18.2 Å². The number of nitrogens with zero attached hydrogens (tertiary/aromatic N) is 1. The molecule has 1 heterocycles. The maximum absolute atomic E-state index is 13.2. The zero-order valence-electron chi connectivity index (χ0n) is 24.4. The average Bonchev–Trinajstić information content (AvgIpc) is 3.53. The Morgan fingerprint density at radius 2 is 1.67 bits per heavy atom. The number of aryl methyl sites for hydroxylation is 1. The molecule has 5 aromatic rings. The predicted octanol–water partition coefficient (Wildman–Crippen LogP) is 7.76. The third kappa shape index (κ3) is 8.91. The van der Waals surface area contributed by atoms with E-state index in [-0.39, 0.29) is 22.1 Å². The summed E-state index contributed by atoms with van der Waals surface area (Å²) in [6.07, 6.45) is 6.42. The number of carbonyl (C=O) groups is 2. The summed E-state index contributed by atoms with van der Waals surface area (Å²) < 4.78 is 30.8. The van der Waals surface area contributed by atoms with Crippen LogP contribution in [0.5, 0.6) is 5.75 Å². The molecular formula is C35H29ClN2O6S2. The van der Waals surface area contributed by atoms with Gasteiger partial charge in [0.1, 0.15) is 10.8 Å². The van der Waals surface area contributed by atoms with E-state index >= 15 is 0 Å². The molecule has 0 saturated heterocycles. The number of benzene rings is 4. The molecule has 46 heavy (non-hydrogen) atoms. The van der Waals surface area contributed by atoms with Gasteiger partial charge in [-0.1, -0.05) is 66.2 Å². The normalized spacial score (nSPS) is 11.4. The van der Waals surface area contributed by atoms with Crippen LogP contribution in [0.1, 0.15) is 32.9 Å². The first-order valence-corrected chi connectivity index (χ1v) is 17.1. The lowest BCUT2D eigenvalue weighted by Gasteiger charge is -2.14. The molecule has 0 fully saturated rings. The number of rotatable bonds is 13. The van der Waals surface area contributed by atoms with E-state index in [1.165, 1.54) is 24.3 Å². The Morgan fingerprint density at radius 1 is 0.935 bits per heavy atom. The van der Waals surface area contributed by atoms with E-state index in [2.05, 4.69) is 10.3 Å². The van der Waals surface area contributed by atoms with E-state index in [0.29, 0.717) is 23.4 Å². The quantitative estimate of drug-likeness (QED) is 0.131. The molecular weight excluding hydrogens is 644 g/mol. The molecule has 0 unspecified atom stereocenters. The SMILES string of the molecule is O=C(O)COc1ccc(CCCS(=O)(=O)c2ccc(Cl)cc2)cc1NC(=O)c1ccc(C=Cc2ncc(-c3ccccc3)s2)cc1. The van der Waals surface area contributed by atoms with Gasteiger partial charge < -0.3 is 15.2 Å². The van der Waals surface area contributed by atoms with Crippen LogP contribution in [-0.4, -0.2) is 42.7 Å². The number of hydrogen-bond acceptors (Lipinski definition) is 7. The third-order valence-corrected chi connectivity index (χ3v) is 9.95. The minimum atomic E-state index is -3.50. The molecule has 4 aromatic carbocycles. The van der Waals surface area contributed by atoms with Crippen molar-refractivity contribution in [3.63, 3.8) is 0 Å². The number of sulfone groups is 1. The first kappa shape index (κ1) is 32.6. The van der Waals surface area contributed by atoms with Crippen LogP contribution in [0.15, 0.2) is 108 Å². The zero-order chi connectivity index (χ0) is 32.5. The first-order valence-electron chi connectivity index (χ1n) is 14.2. The summed E-state index contributed by atoms with van der Waals surface area (Å²) in [5.41, 5.74) is 3.42. The summed E-state index contributed by atoms with van der Waals surface area (Å²) in [5.74, 6) is -1.46. The third-order valence-electron chi connectivity index (χ3n) is 6.87. The highest BCUT2D eigenvalue weighted by Crippen LogP contribution is 2.29. The molecule has 11 heteroatoms. The first-order chi connectivity index (χ1) is 22.2. The molecule has 234 valence electrons. The number of carboxylic acid groups (broad SMARTS) is 1. The summed E-state index contributed by atoms with van der Waals surface area (Å²) in [6.45, 7) is -0.589. The maximum atomic E-state index is 13.2. The van der Waals surface area contributed by atoms with Crippen molar-refractivity contribution in [3.8, 4) is 16.2 Å². The molecule has 8 nitrogen and oxygen atoms in total. The number of aliphatic carboxylic acids is 1. The molecule has 0 saturated carbocycles. The second kappa shape index (κ2) is 15.0. The van der Waals surface area contributed by atoms with Crippen molar-refractivity contribution in [1.29, 1.82) is 0 Å². The van der Waals surface area contributed by atoms with Gasteiger partial charge in [-0.3, -0.25) is 4.79 Å². The van der Waals surface area contributed by atoms with Gasteiger partial charge in [-0.2, -0.15) is 0 Å². The van der Waals surface area contributed by atoms with Gasteiger partial charge >= 0.3 is 5.97 Å². The lowest BCUT2D eigenvalue weighted by atomic mass is 10.1. The van der Waals surface area contributed by atoms with Crippen LogP contribution in [0.2, 0.25) is 5.02 Å². The lowest BCUT2D eigenvalue weighted by molar-refractivity contribution is -0.139. The van der Waals surface area contributed by atoms with Crippen LogP contribution in [0.3, 0.4) is 0 Å². The van der Waals surface area contributed by atoms with Gasteiger partial charge in [0.25, 0.3) is 5.91 Å². The van der Waals surface area contributed by atoms with Gasteiger partial charge in [0.05, 0.1) is 21.2 Å². The van der Waals surface area contributed by atoms with Crippen LogP contribution in [-0.2, 0) is 21.1 Å². The molecule has 5 rings (SSSR count). The molecule has 1 amide bonds. The number of ether oxygens (including phenoxy) is 1. The van der Waals surface area contributed by atoms with E-state index in [1.54, 1.807) is 41.7 Å². The van der Waals surface area contributed by atoms with Crippen molar-refractivity contribution in [1.82, 2.24) is 4.98 Å². The minimum Gasteiger partial charge on any atom is -0.480 e. The molecule has 1 aromatic heterocycles. The molecule has 0 atom stereocenters. The Balaban J connectivity index is 1.24. The fourth-order valence-corrected chi connectivity index (χ4v) is 6.79. The number of halogens is 1. The van der Waals surface area contributed by atoms with Crippen molar-refractivity contribution < 1.29 is 27.9 Å². The Kier molecular flexibility index (Phi) is 10.6. The van der Waals surface area contributed by atoms with E-state index in [4.69, 9.17) is 21.4 Å². The van der Waals surface area contributed by atoms with Crippen molar-refractivity contribution in [2.24, 2.45) is 0 Å². The fraction of sp³-hybridized carbons (Fsp3) is 0.114. The van der Waals surface area contributed by atoms with E-state index < -0.39 is 28.3 Å². The molecule has 0 radical (unpaired) electrons. The van der Waals surface area contributed by atoms with Crippen LogP contribution in [0, 0.1) is 0 Å². The van der Waals surface area contributed by atoms with Gasteiger partial charge in [0.2, 0.25) is 0 Å². The van der Waals surface area contributed by atoms with Crippen LogP contribution in [0.4, 0.5) is 5.69 Å². The average molecular weight is 673 g/mol. The van der Waals surface area contributed by atoms with Crippen molar-refractivity contribution in [2.45, 2.75) is 17.7 Å². The number of carboxylic acids is 1. The van der Waals surface area contributed by atoms with E-state index in [1.807, 2.05) is 60.8 Å². The smallest absolute Gasteiger partial charge is 0.341 e. The van der Waals surface area contributed by atoms with Crippen LogP contribution < -0.4 is 10.1 Å². The summed E-state index contributed by atoms with van der Waals surface area (Å²) in [6, 6.07) is 28.0. The molecule has 0 aliphatic rings. The van der Waals surface area contributed by atoms with E-state index in [9.17, 15) is 18.0 Å². The number of hydrogen-bond donors (Lipinski definition) is 2. The van der Waals surface area contributed by atoms with Crippen molar-refractivity contribution in [3.05, 3.63) is 130 Å². The number of carbonyl (C=O) groups excluding carboxylic acids is 1. The number of aromatic nitrogens is 1. The summed E-state index contributed by atoms with van der Waals surface area (Å²) in [4.78, 5) is 30.0. The largest absolute Gasteiger partial charge is 0.480 e. The number of thiazole rings is 1. The molecule has 2 N–H and O–H groups in total. The number of nitrogens with one attached hydrogen (secondary N) is 1. The van der Waals surface area contributed by atoms with Crippen molar-refractivity contribution >= 4 is 62.5 Å². The van der Waals surface area contributed by atoms with Gasteiger partial charge in [-0.15, -0.1) is 11.3 Å². The predicted molar refractivity (Wildman–Crippen MR) is 182 cm³/mol. The number of amides is 1. The maximum Gasteiger partial charge on any atom is 0.341 e. The monoisotopic (exact) mass is 672 g/mol. The van der Waals surface area contributed by atoms with Crippen molar-refractivity contribution in [2.75, 3.05) is 17.7 Å². The Bertz CT molecular complexity index is 1960. The summed E-state index contributed by atoms with van der Waals surface area (Å²) in [5, 5.41) is 13.2. The van der Waals surface area contributed by atoms with E-state index in [0.717, 1.165) is 26.6 Å². The Labute approximate surface area is 275 Å². The summed E-state index contributed by atoms with van der Waals surface area (Å²) >= 11 is 7.46. The Hall–Kier alpha value is -4.77. The van der Waals surface area contributed by atoms with Gasteiger partial charge in [0.15, 0.2) is 16.4 Å². The molecule has 0 aliphatic carbocycles. The van der Waals surface area contributed by atoms with Crippen LogP contribution in [0.25, 0.3) is 22.6 Å². The fourth-order valence-electron chi connectivity index (χ4n) is 4.53. The second-order valence-electron chi connectivity index (χ2n) is 10.2. The van der Waals surface area contributed by atoms with Gasteiger partial charge in [-0.05, 0) is 84.1 Å². The lowest BCUT2D eigenvalue weighted by Crippen LogP contribution is -2.15. The Morgan fingerprint density at radius 3 is 2.39 bits per heavy atom. The topological polar surface area (TPSA) is 123 Å². The number of anilines is 1. The second-order valence-corrected chi connectivity index (χ2v) is 13.8. The standard InChI is InChI=1S/C35H29ClN2O6S2/c36-28-14-16-29(17-15-28)46(42,43)20-4-5-25-10-18-31(44-23-34(39)40)30(21-25)38-35(41)27-12-8-24(9-13-27)11-19-33-37-22-32(45-33)26-6-2-1-3-7-26/h1-3,6-19,21-22H,4-5,20,23H2,(H,38,41)(H,39,40). The highest BCUT2D eigenvalue weighted by Gasteiger charge is 2.16. The summed E-state index contributed by atoms with van der Waals surface area (Å²) in [7, 11) is -3.50. The molecule has 0 aliphatic heterocycles. The highest BCUT2D eigenvalue weighted by molar-refractivity contribution is 7.91. The van der Waals surface area contributed by atoms with Crippen LogP contribution >= 0.6 is 22.9 Å². The highest BCUT2D eigenvalue weighted by atomic mass is 35.5. The molecule has 0 spiro atoms. The minimum absolute atomic E-state index is 0.0783. The molecule has 0 bridgehead atoms. The van der Waals surface area contributed by atoms with Gasteiger partial charge in [0, 0.05) is 16.8 Å². The zero-order valence-corrected chi connectivity index (χ0v) is 26.8.